The highest BCUT2D eigenvalue weighted by Crippen LogP contribution is 2.31. The van der Waals surface area contributed by atoms with Gasteiger partial charge in [-0.05, 0) is 88.3 Å². The largest absolute Gasteiger partial charge is 0.573 e. The quantitative estimate of drug-likeness (QED) is 0.104. The number of ether oxygens (including phenoxy) is 4. The molecule has 1 unspecified atom stereocenters. The summed E-state index contributed by atoms with van der Waals surface area (Å²) in [5, 5.41) is 17.0. The second-order valence-electron chi connectivity index (χ2n) is 13.2. The van der Waals surface area contributed by atoms with Crippen LogP contribution in [0.3, 0.4) is 0 Å². The molecule has 0 spiro atoms. The Hall–Kier alpha value is -4.35. The van der Waals surface area contributed by atoms with Crippen molar-refractivity contribution in [1.29, 1.82) is 0 Å². The van der Waals surface area contributed by atoms with Gasteiger partial charge in [0.2, 0.25) is 5.75 Å². The van der Waals surface area contributed by atoms with Crippen LogP contribution in [0.4, 0.5) is 26.7 Å². The third kappa shape index (κ3) is 10.8. The molecule has 0 aliphatic carbocycles. The maximum Gasteiger partial charge on any atom is 0.573 e. The van der Waals surface area contributed by atoms with E-state index >= 15 is 0 Å². The minimum Gasteiger partial charge on any atom is -0.444 e. The number of aromatic nitrogens is 5. The lowest BCUT2D eigenvalue weighted by Gasteiger charge is -2.27. The number of alkyl halides is 3. The lowest BCUT2D eigenvalue weighted by Crippen LogP contribution is -2.37. The van der Waals surface area contributed by atoms with Gasteiger partial charge in [-0.1, -0.05) is 0 Å². The summed E-state index contributed by atoms with van der Waals surface area (Å²) in [5.41, 5.74) is 2.00. The lowest BCUT2D eigenvalue weighted by molar-refractivity contribution is -0.276. The molecule has 0 radical (unpaired) electrons. The van der Waals surface area contributed by atoms with Crippen molar-refractivity contribution in [2.24, 2.45) is 0 Å². The first-order chi connectivity index (χ1) is 24.3. The van der Waals surface area contributed by atoms with Gasteiger partial charge in [-0.2, -0.15) is 5.10 Å². The summed E-state index contributed by atoms with van der Waals surface area (Å²) in [4.78, 5) is 14.1. The lowest BCUT2D eigenvalue weighted by atomic mass is 10.1. The number of carbonyl (C=O) groups is 1. The summed E-state index contributed by atoms with van der Waals surface area (Å²) in [6.45, 7) is 7.50. The summed E-state index contributed by atoms with van der Waals surface area (Å²) in [5.74, 6) is -4.63. The normalized spacial score (nSPS) is 15.3. The number of unbranched alkanes of at least 4 members (excludes halogenated alkanes) is 1. The number of fused-ring (bicyclic) bond motifs is 1. The maximum absolute atomic E-state index is 14.3. The Labute approximate surface area is 291 Å². The van der Waals surface area contributed by atoms with Crippen LogP contribution < -0.4 is 10.1 Å². The summed E-state index contributed by atoms with van der Waals surface area (Å²) < 4.78 is 90.8. The summed E-state index contributed by atoms with van der Waals surface area (Å²) >= 11 is 0. The Morgan fingerprint density at radius 1 is 1.04 bits per heavy atom. The fraction of sp³-hybridized carbons (Fsp3) is 0.529. The van der Waals surface area contributed by atoms with Crippen LogP contribution in [-0.2, 0) is 27.3 Å². The van der Waals surface area contributed by atoms with Gasteiger partial charge in [0.25, 0.3) is 0 Å². The van der Waals surface area contributed by atoms with Gasteiger partial charge >= 0.3 is 12.5 Å². The van der Waals surface area contributed by atoms with Gasteiger partial charge in [-0.3, -0.25) is 4.57 Å². The Balaban J connectivity index is 1.11. The van der Waals surface area contributed by atoms with Crippen LogP contribution in [0.5, 0.6) is 5.75 Å². The number of nitrogens with one attached hydrogen (secondary N) is 1. The zero-order valence-electron chi connectivity index (χ0n) is 28.7. The minimum absolute atomic E-state index is 0.0631. The average molecular weight is 724 g/mol. The van der Waals surface area contributed by atoms with Crippen LogP contribution >= 0.6 is 0 Å². The number of amides is 1. The van der Waals surface area contributed by atoms with Crippen molar-refractivity contribution in [3.05, 3.63) is 65.9 Å². The molecule has 1 aliphatic heterocycles. The average Bonchev–Trinajstić information content (AvgIpc) is 3.75. The number of nitrogens with zero attached hydrogens (tertiary/aromatic N) is 6. The van der Waals surface area contributed by atoms with Crippen LogP contribution in [0, 0.1) is 11.6 Å². The van der Waals surface area contributed by atoms with E-state index in [0.29, 0.717) is 57.9 Å². The van der Waals surface area contributed by atoms with Crippen molar-refractivity contribution in [3.8, 4) is 11.4 Å². The van der Waals surface area contributed by atoms with Crippen LogP contribution in [0.1, 0.15) is 70.2 Å². The molecular formula is C34H42F5N7O5. The second kappa shape index (κ2) is 16.8. The number of halogens is 5. The molecule has 0 bridgehead atoms. The molecule has 5 rings (SSSR count). The molecule has 278 valence electrons. The van der Waals surface area contributed by atoms with Crippen molar-refractivity contribution in [1.82, 2.24) is 34.8 Å². The van der Waals surface area contributed by atoms with E-state index in [-0.39, 0.29) is 24.9 Å². The number of hydrogen-bond acceptors (Lipinski definition) is 9. The smallest absolute Gasteiger partial charge is 0.444 e. The van der Waals surface area contributed by atoms with E-state index in [0.717, 1.165) is 41.4 Å². The highest BCUT2D eigenvalue weighted by molar-refractivity contribution is 5.84. The molecule has 2 aromatic carbocycles. The van der Waals surface area contributed by atoms with Crippen molar-refractivity contribution in [2.45, 2.75) is 84.2 Å². The number of carbonyl (C=O) groups excluding carboxylic acids is 1. The van der Waals surface area contributed by atoms with Crippen LogP contribution in [0.15, 0.2) is 43.1 Å². The van der Waals surface area contributed by atoms with E-state index in [2.05, 4.69) is 37.5 Å². The van der Waals surface area contributed by atoms with Gasteiger partial charge < -0.3 is 29.2 Å². The zero-order valence-corrected chi connectivity index (χ0v) is 28.7. The van der Waals surface area contributed by atoms with Gasteiger partial charge in [-0.15, -0.1) is 23.4 Å². The first kappa shape index (κ1) is 37.9. The zero-order chi connectivity index (χ0) is 36.6. The molecule has 4 aromatic rings. The first-order valence-corrected chi connectivity index (χ1v) is 16.7. The van der Waals surface area contributed by atoms with Crippen LogP contribution in [0.25, 0.3) is 16.6 Å². The van der Waals surface area contributed by atoms with Crippen LogP contribution in [0.2, 0.25) is 0 Å². The minimum atomic E-state index is -5.27. The van der Waals surface area contributed by atoms with Gasteiger partial charge in [-0.25, -0.2) is 18.3 Å². The summed E-state index contributed by atoms with van der Waals surface area (Å²) in [6.07, 6.45) is 3.08. The number of rotatable bonds is 15. The van der Waals surface area contributed by atoms with E-state index in [9.17, 15) is 26.7 Å². The predicted octanol–water partition coefficient (Wildman–Crippen LogP) is 6.82. The van der Waals surface area contributed by atoms with Crippen molar-refractivity contribution < 1.29 is 45.7 Å². The molecule has 12 nitrogen and oxygen atoms in total. The fourth-order valence-electron chi connectivity index (χ4n) is 5.65. The van der Waals surface area contributed by atoms with Gasteiger partial charge in [0.05, 0.1) is 24.0 Å². The van der Waals surface area contributed by atoms with Crippen LogP contribution in [-0.4, -0.2) is 80.4 Å². The van der Waals surface area contributed by atoms with Crippen molar-refractivity contribution >= 4 is 17.0 Å². The molecule has 1 amide bonds. The molecular weight excluding hydrogens is 681 g/mol. The highest BCUT2D eigenvalue weighted by Gasteiger charge is 2.34. The molecule has 3 heterocycles. The monoisotopic (exact) mass is 723 g/mol. The third-order valence-corrected chi connectivity index (χ3v) is 7.94. The molecule has 1 aliphatic rings. The van der Waals surface area contributed by atoms with Crippen molar-refractivity contribution in [3.63, 3.8) is 0 Å². The maximum atomic E-state index is 14.3. The Morgan fingerprint density at radius 2 is 1.78 bits per heavy atom. The van der Waals surface area contributed by atoms with E-state index in [1.807, 2.05) is 15.4 Å². The van der Waals surface area contributed by atoms with E-state index < -0.39 is 35.4 Å². The SMILES string of the molecule is CC(C)(C)OC(=O)N(CCCCOCCNCc1cc(-n2cnnc2)cc2c1cnn2C1CCCCO1)Cc1cc(F)c(OC(F)(F)F)c(F)c1. The third-order valence-electron chi connectivity index (χ3n) is 7.94. The molecule has 2 aromatic heterocycles. The topological polar surface area (TPSA) is 118 Å². The molecule has 17 heteroatoms. The van der Waals surface area contributed by atoms with Gasteiger partial charge in [0.15, 0.2) is 17.9 Å². The molecule has 1 N–H and O–H groups in total. The first-order valence-electron chi connectivity index (χ1n) is 16.7. The molecule has 1 fully saturated rings. The second-order valence-corrected chi connectivity index (χ2v) is 13.2. The predicted molar refractivity (Wildman–Crippen MR) is 175 cm³/mol. The van der Waals surface area contributed by atoms with Crippen molar-refractivity contribution in [2.75, 3.05) is 32.9 Å². The summed E-state index contributed by atoms with van der Waals surface area (Å²) in [7, 11) is 0. The Bertz CT molecular complexity index is 1710. The highest BCUT2D eigenvalue weighted by atomic mass is 19.4. The Kier molecular flexibility index (Phi) is 12.5. The standard InChI is InChI=1S/C34H42F5N7O5/c1-33(2,3)51-32(47)44(20-23-14-27(35)31(28(36)15-23)50-34(37,38)39)10-5-7-11-48-13-9-40-18-24-16-25(45-21-41-42-22-45)17-29-26(24)19-43-46(29)30-8-4-6-12-49-30/h14-17,19,21-22,30,40H,4-13,18,20H2,1-3H3. The van der Waals surface area contributed by atoms with E-state index in [4.69, 9.17) is 14.2 Å². The van der Waals surface area contributed by atoms with E-state index in [1.54, 1.807) is 33.4 Å². The number of hydrogen-bond donors (Lipinski definition) is 1. The molecule has 0 saturated carbocycles. The number of benzene rings is 2. The van der Waals surface area contributed by atoms with Gasteiger partial charge in [0.1, 0.15) is 18.3 Å². The van der Waals surface area contributed by atoms with E-state index in [1.165, 1.54) is 4.90 Å². The summed E-state index contributed by atoms with van der Waals surface area (Å²) in [6, 6.07) is 5.52. The molecule has 51 heavy (non-hydrogen) atoms. The Morgan fingerprint density at radius 3 is 2.45 bits per heavy atom. The molecule has 1 saturated heterocycles. The fourth-order valence-corrected chi connectivity index (χ4v) is 5.65. The van der Waals surface area contributed by atoms with Gasteiger partial charge in [0, 0.05) is 44.8 Å². The molecule has 1 atom stereocenters.